The van der Waals surface area contributed by atoms with Crippen molar-refractivity contribution in [2.75, 3.05) is 32.7 Å². The summed E-state index contributed by atoms with van der Waals surface area (Å²) in [6.07, 6.45) is 2.42. The van der Waals surface area contributed by atoms with Crippen molar-refractivity contribution >= 4 is 11.8 Å². The molecular weight excluding hydrogens is 278 g/mol. The molecule has 1 N–H and O–H groups in total. The summed E-state index contributed by atoms with van der Waals surface area (Å²) in [5, 5.41) is 3.56. The second kappa shape index (κ2) is 5.48. The average molecular weight is 299 g/mol. The van der Waals surface area contributed by atoms with Crippen molar-refractivity contribution in [2.24, 2.45) is 5.92 Å². The molecule has 1 aromatic carbocycles. The minimum atomic E-state index is -0.141. The average Bonchev–Trinajstić information content (AvgIpc) is 3.10. The van der Waals surface area contributed by atoms with Crippen molar-refractivity contribution in [3.05, 3.63) is 35.4 Å². The lowest BCUT2D eigenvalue weighted by molar-refractivity contribution is 0.0620. The first-order valence-corrected chi connectivity index (χ1v) is 8.15. The van der Waals surface area contributed by atoms with Gasteiger partial charge in [0, 0.05) is 25.7 Å². The van der Waals surface area contributed by atoms with Gasteiger partial charge >= 0.3 is 0 Å². The van der Waals surface area contributed by atoms with E-state index in [9.17, 15) is 9.59 Å². The van der Waals surface area contributed by atoms with Crippen molar-refractivity contribution in [1.29, 1.82) is 0 Å². The molecule has 2 atom stereocenters. The van der Waals surface area contributed by atoms with Gasteiger partial charge in [-0.15, -0.1) is 0 Å². The fourth-order valence-corrected chi connectivity index (χ4v) is 4.01. The molecule has 2 saturated heterocycles. The van der Waals surface area contributed by atoms with E-state index in [1.807, 2.05) is 12.1 Å². The van der Waals surface area contributed by atoms with Crippen LogP contribution in [-0.4, -0.2) is 60.4 Å². The van der Waals surface area contributed by atoms with Gasteiger partial charge in [-0.2, -0.15) is 0 Å². The van der Waals surface area contributed by atoms with Gasteiger partial charge < -0.3 is 10.2 Å². The van der Waals surface area contributed by atoms with Crippen LogP contribution < -0.4 is 5.32 Å². The van der Waals surface area contributed by atoms with Crippen molar-refractivity contribution < 1.29 is 9.59 Å². The van der Waals surface area contributed by atoms with Crippen LogP contribution in [0.15, 0.2) is 24.3 Å². The molecule has 1 aromatic rings. The molecule has 2 unspecified atom stereocenters. The predicted molar refractivity (Wildman–Crippen MR) is 82.8 cm³/mol. The van der Waals surface area contributed by atoms with Crippen LogP contribution in [0, 0.1) is 5.92 Å². The lowest BCUT2D eigenvalue weighted by Gasteiger charge is -2.35. The number of hydrogen-bond acceptors (Lipinski definition) is 4. The Morgan fingerprint density at radius 2 is 1.77 bits per heavy atom. The minimum absolute atomic E-state index is 0.141. The topological polar surface area (TPSA) is 52.7 Å². The highest BCUT2D eigenvalue weighted by atomic mass is 16.2. The van der Waals surface area contributed by atoms with E-state index in [4.69, 9.17) is 0 Å². The summed E-state index contributed by atoms with van der Waals surface area (Å²) in [5.74, 6) is 0.451. The van der Waals surface area contributed by atoms with Crippen LogP contribution in [0.25, 0.3) is 0 Å². The molecule has 22 heavy (non-hydrogen) atoms. The Labute approximate surface area is 130 Å². The molecule has 3 aliphatic heterocycles. The molecule has 5 nitrogen and oxygen atoms in total. The minimum Gasteiger partial charge on any atom is -0.314 e. The second-order valence-electron chi connectivity index (χ2n) is 6.51. The molecule has 3 aliphatic rings. The molecule has 116 valence electrons. The maximum Gasteiger partial charge on any atom is 0.261 e. The van der Waals surface area contributed by atoms with Crippen molar-refractivity contribution in [3.8, 4) is 0 Å². The molecule has 2 amide bonds. The highest BCUT2D eigenvalue weighted by Gasteiger charge is 2.36. The number of imide groups is 1. The number of carbonyl (C=O) groups excluding carboxylic acids is 2. The van der Waals surface area contributed by atoms with E-state index in [-0.39, 0.29) is 11.8 Å². The van der Waals surface area contributed by atoms with Crippen LogP contribution in [0.5, 0.6) is 0 Å². The van der Waals surface area contributed by atoms with E-state index in [0.717, 1.165) is 32.1 Å². The first-order valence-electron chi connectivity index (χ1n) is 8.15. The monoisotopic (exact) mass is 299 g/mol. The van der Waals surface area contributed by atoms with Crippen LogP contribution in [0.2, 0.25) is 0 Å². The lowest BCUT2D eigenvalue weighted by atomic mass is 9.93. The molecule has 0 aromatic heterocycles. The smallest absolute Gasteiger partial charge is 0.261 e. The largest absolute Gasteiger partial charge is 0.314 e. The maximum absolute atomic E-state index is 12.3. The molecule has 0 bridgehead atoms. The molecule has 0 spiro atoms. The Bertz CT molecular complexity index is 581. The number of amides is 2. The Morgan fingerprint density at radius 1 is 1.05 bits per heavy atom. The third-order valence-corrected chi connectivity index (χ3v) is 5.26. The quantitative estimate of drug-likeness (QED) is 0.845. The van der Waals surface area contributed by atoms with Gasteiger partial charge in [0.25, 0.3) is 11.8 Å². The summed E-state index contributed by atoms with van der Waals surface area (Å²) in [6, 6.07) is 7.78. The molecular formula is C17H21N3O2. The van der Waals surface area contributed by atoms with Gasteiger partial charge in [-0.25, -0.2) is 0 Å². The summed E-state index contributed by atoms with van der Waals surface area (Å²) in [4.78, 5) is 28.5. The van der Waals surface area contributed by atoms with Gasteiger partial charge in [0.1, 0.15) is 0 Å². The fourth-order valence-electron chi connectivity index (χ4n) is 4.01. The summed E-state index contributed by atoms with van der Waals surface area (Å²) >= 11 is 0. The van der Waals surface area contributed by atoms with Crippen LogP contribution in [-0.2, 0) is 0 Å². The van der Waals surface area contributed by atoms with E-state index >= 15 is 0 Å². The first-order chi connectivity index (χ1) is 10.7. The zero-order valence-electron chi connectivity index (χ0n) is 12.6. The number of benzene rings is 1. The van der Waals surface area contributed by atoms with Gasteiger partial charge in [-0.05, 0) is 44.0 Å². The number of carbonyl (C=O) groups is 2. The summed E-state index contributed by atoms with van der Waals surface area (Å²) < 4.78 is 0. The van der Waals surface area contributed by atoms with E-state index in [1.54, 1.807) is 12.1 Å². The zero-order chi connectivity index (χ0) is 15.1. The van der Waals surface area contributed by atoms with Gasteiger partial charge in [0.05, 0.1) is 11.1 Å². The van der Waals surface area contributed by atoms with Gasteiger partial charge in [0.2, 0.25) is 0 Å². The van der Waals surface area contributed by atoms with E-state index in [0.29, 0.717) is 23.7 Å². The normalized spacial score (nSPS) is 28.1. The number of nitrogens with zero attached hydrogens (tertiary/aromatic N) is 2. The summed E-state index contributed by atoms with van der Waals surface area (Å²) in [5.41, 5.74) is 1.09. The first kappa shape index (κ1) is 13.9. The van der Waals surface area contributed by atoms with Crippen LogP contribution in [0.4, 0.5) is 0 Å². The molecule has 2 fully saturated rings. The van der Waals surface area contributed by atoms with Crippen molar-refractivity contribution in [1.82, 2.24) is 15.1 Å². The Hall–Kier alpha value is -1.72. The standard InChI is InChI=1S/C17H21N3O2/c21-16-13-3-1-2-4-14(13)17(22)20(16)10-9-19-8-6-15-12(11-19)5-7-18-15/h1-4,12,15,18H,5-11H2. The number of rotatable bonds is 3. The molecule has 5 heteroatoms. The van der Waals surface area contributed by atoms with Crippen molar-refractivity contribution in [3.63, 3.8) is 0 Å². The number of nitrogens with one attached hydrogen (secondary N) is 1. The lowest BCUT2D eigenvalue weighted by Crippen LogP contribution is -2.47. The van der Waals surface area contributed by atoms with Crippen LogP contribution in [0.1, 0.15) is 33.6 Å². The summed E-state index contributed by atoms with van der Waals surface area (Å²) in [7, 11) is 0. The van der Waals surface area contributed by atoms with Crippen LogP contribution >= 0.6 is 0 Å². The number of hydrogen-bond donors (Lipinski definition) is 1. The highest BCUT2D eigenvalue weighted by molar-refractivity contribution is 6.21. The van der Waals surface area contributed by atoms with E-state index < -0.39 is 0 Å². The zero-order valence-corrected chi connectivity index (χ0v) is 12.6. The molecule has 0 aliphatic carbocycles. The van der Waals surface area contributed by atoms with Crippen LogP contribution in [0.3, 0.4) is 0 Å². The predicted octanol–water partition coefficient (Wildman–Crippen LogP) is 0.966. The molecule has 0 radical (unpaired) electrons. The maximum atomic E-state index is 12.3. The Balaban J connectivity index is 1.39. The number of likely N-dealkylation sites (tertiary alicyclic amines) is 1. The fraction of sp³-hybridized carbons (Fsp3) is 0.529. The Morgan fingerprint density at radius 3 is 2.50 bits per heavy atom. The Kier molecular flexibility index (Phi) is 3.47. The second-order valence-corrected chi connectivity index (χ2v) is 6.51. The molecule has 0 saturated carbocycles. The highest BCUT2D eigenvalue weighted by Crippen LogP contribution is 2.25. The van der Waals surface area contributed by atoms with Gasteiger partial charge in [0.15, 0.2) is 0 Å². The van der Waals surface area contributed by atoms with Gasteiger partial charge in [-0.3, -0.25) is 14.5 Å². The molecule has 3 heterocycles. The number of piperidine rings is 1. The molecule has 4 rings (SSSR count). The third kappa shape index (κ3) is 2.25. The third-order valence-electron chi connectivity index (χ3n) is 5.26. The van der Waals surface area contributed by atoms with E-state index in [2.05, 4.69) is 10.2 Å². The van der Waals surface area contributed by atoms with Crippen molar-refractivity contribution in [2.45, 2.75) is 18.9 Å². The number of fused-ring (bicyclic) bond motifs is 2. The summed E-state index contributed by atoms with van der Waals surface area (Å²) in [6.45, 7) is 4.55. The SMILES string of the molecule is O=C1c2ccccc2C(=O)N1CCN1CCC2NCCC2C1. The van der Waals surface area contributed by atoms with Gasteiger partial charge in [-0.1, -0.05) is 12.1 Å². The van der Waals surface area contributed by atoms with E-state index in [1.165, 1.54) is 17.7 Å².